The average molecular weight is 302 g/mol. The van der Waals surface area contributed by atoms with Crippen molar-refractivity contribution in [2.24, 2.45) is 0 Å². The summed E-state index contributed by atoms with van der Waals surface area (Å²) in [5.74, 6) is 0.118. The number of thiophene rings is 1. The Hall–Kier alpha value is -1.81. The average Bonchev–Trinajstić information content (AvgIpc) is 2.96. The van der Waals surface area contributed by atoms with E-state index in [1.165, 1.54) is 11.3 Å². The number of nitrogen functional groups attached to an aromatic ring is 1. The van der Waals surface area contributed by atoms with E-state index in [1.807, 2.05) is 40.6 Å². The molecular weight excluding hydrogens is 280 g/mol. The van der Waals surface area contributed by atoms with Crippen LogP contribution in [-0.4, -0.2) is 17.4 Å². The highest BCUT2D eigenvalue weighted by molar-refractivity contribution is 7.12. The van der Waals surface area contributed by atoms with E-state index in [4.69, 9.17) is 5.73 Å². The lowest BCUT2D eigenvalue weighted by Crippen LogP contribution is -2.31. The molecule has 0 atom stereocenters. The number of hydrogen-bond acceptors (Lipinski definition) is 3. The van der Waals surface area contributed by atoms with E-state index in [2.05, 4.69) is 13.8 Å². The summed E-state index contributed by atoms with van der Waals surface area (Å²) in [6, 6.07) is 9.79. The van der Waals surface area contributed by atoms with Crippen LogP contribution in [-0.2, 0) is 13.0 Å². The number of benzene rings is 1. The van der Waals surface area contributed by atoms with Crippen molar-refractivity contribution in [3.63, 3.8) is 0 Å². The first kappa shape index (κ1) is 15.6. The molecule has 0 aliphatic heterocycles. The maximum absolute atomic E-state index is 12.8. The Bertz CT molecular complexity index is 606. The first-order valence-electron chi connectivity index (χ1n) is 7.36. The van der Waals surface area contributed by atoms with Crippen molar-refractivity contribution in [1.82, 2.24) is 4.90 Å². The Balaban J connectivity index is 2.23. The van der Waals surface area contributed by atoms with Gasteiger partial charge in [0.25, 0.3) is 5.91 Å². The minimum absolute atomic E-state index is 0.118. The smallest absolute Gasteiger partial charge is 0.264 e. The predicted octanol–water partition coefficient (Wildman–Crippen LogP) is 3.95. The van der Waals surface area contributed by atoms with Crippen LogP contribution in [0.2, 0.25) is 0 Å². The highest BCUT2D eigenvalue weighted by Crippen LogP contribution is 2.22. The van der Waals surface area contributed by atoms with Gasteiger partial charge in [-0.25, -0.2) is 0 Å². The monoisotopic (exact) mass is 302 g/mol. The van der Waals surface area contributed by atoms with Gasteiger partial charge in [-0.1, -0.05) is 32.0 Å². The molecule has 21 heavy (non-hydrogen) atoms. The van der Waals surface area contributed by atoms with Gasteiger partial charge in [-0.3, -0.25) is 4.79 Å². The molecule has 4 heteroatoms. The maximum Gasteiger partial charge on any atom is 0.264 e. The Morgan fingerprint density at radius 1 is 1.19 bits per heavy atom. The molecule has 0 aliphatic rings. The van der Waals surface area contributed by atoms with Crippen LogP contribution in [0.3, 0.4) is 0 Å². The van der Waals surface area contributed by atoms with Crippen molar-refractivity contribution in [2.45, 2.75) is 33.2 Å². The predicted molar refractivity (Wildman–Crippen MR) is 89.6 cm³/mol. The Morgan fingerprint density at radius 3 is 2.62 bits per heavy atom. The van der Waals surface area contributed by atoms with Gasteiger partial charge in [-0.15, -0.1) is 11.3 Å². The van der Waals surface area contributed by atoms with Crippen LogP contribution in [0.15, 0.2) is 35.7 Å². The number of nitrogens with zero attached hydrogens (tertiary/aromatic N) is 1. The number of amides is 1. The molecule has 2 rings (SSSR count). The second kappa shape index (κ2) is 7.27. The lowest BCUT2D eigenvalue weighted by molar-refractivity contribution is 0.0747. The minimum Gasteiger partial charge on any atom is -0.398 e. The van der Waals surface area contributed by atoms with Gasteiger partial charge in [0.15, 0.2) is 0 Å². The molecule has 0 spiro atoms. The molecule has 0 unspecified atom stereocenters. The molecule has 1 heterocycles. The molecule has 2 N–H and O–H groups in total. The number of nitrogens with two attached hydrogens (primary N) is 1. The summed E-state index contributed by atoms with van der Waals surface area (Å²) >= 11 is 1.53. The molecule has 2 aromatic rings. The van der Waals surface area contributed by atoms with Crippen LogP contribution in [0.5, 0.6) is 0 Å². The molecule has 3 nitrogen and oxygen atoms in total. The van der Waals surface area contributed by atoms with Crippen LogP contribution >= 0.6 is 11.3 Å². The van der Waals surface area contributed by atoms with E-state index in [1.54, 1.807) is 0 Å². The molecule has 1 aromatic heterocycles. The third-order valence-corrected chi connectivity index (χ3v) is 4.46. The van der Waals surface area contributed by atoms with Crippen molar-refractivity contribution in [3.8, 4) is 0 Å². The first-order valence-corrected chi connectivity index (χ1v) is 8.24. The first-order chi connectivity index (χ1) is 10.2. The van der Waals surface area contributed by atoms with Crippen molar-refractivity contribution < 1.29 is 4.79 Å². The van der Waals surface area contributed by atoms with Crippen LogP contribution in [0.1, 0.15) is 41.1 Å². The fourth-order valence-corrected chi connectivity index (χ4v) is 3.31. The molecule has 0 radical (unpaired) electrons. The molecule has 1 aromatic carbocycles. The number of carbonyl (C=O) groups is 1. The van der Waals surface area contributed by atoms with Crippen LogP contribution < -0.4 is 5.73 Å². The molecule has 1 amide bonds. The van der Waals surface area contributed by atoms with E-state index < -0.39 is 0 Å². The Morgan fingerprint density at radius 2 is 1.95 bits per heavy atom. The number of anilines is 1. The third-order valence-electron chi connectivity index (χ3n) is 3.52. The van der Waals surface area contributed by atoms with Crippen molar-refractivity contribution in [2.75, 3.05) is 12.3 Å². The van der Waals surface area contributed by atoms with Gasteiger partial charge in [0.2, 0.25) is 0 Å². The summed E-state index contributed by atoms with van der Waals surface area (Å²) in [4.78, 5) is 15.5. The summed E-state index contributed by atoms with van der Waals surface area (Å²) < 4.78 is 0. The summed E-state index contributed by atoms with van der Waals surface area (Å²) in [5, 5.41) is 1.99. The number of para-hydroxylation sites is 1. The minimum atomic E-state index is 0.118. The SMILES string of the molecule is CCCN(Cc1ccccc1N)C(=O)c1sccc1CC. The topological polar surface area (TPSA) is 46.3 Å². The normalized spacial score (nSPS) is 10.6. The zero-order valence-electron chi connectivity index (χ0n) is 12.6. The van der Waals surface area contributed by atoms with Crippen LogP contribution in [0, 0.1) is 0 Å². The number of hydrogen-bond donors (Lipinski definition) is 1. The van der Waals surface area contributed by atoms with Gasteiger partial charge in [0.05, 0.1) is 4.88 Å². The van der Waals surface area contributed by atoms with Gasteiger partial charge in [-0.05, 0) is 41.5 Å². The summed E-state index contributed by atoms with van der Waals surface area (Å²) in [6.07, 6.45) is 1.82. The fraction of sp³-hybridized carbons (Fsp3) is 0.353. The van der Waals surface area contributed by atoms with Gasteiger partial charge >= 0.3 is 0 Å². The number of carbonyl (C=O) groups excluding carboxylic acids is 1. The Kier molecular flexibility index (Phi) is 5.39. The van der Waals surface area contributed by atoms with Gasteiger partial charge in [0, 0.05) is 18.8 Å². The van der Waals surface area contributed by atoms with E-state index >= 15 is 0 Å². The zero-order chi connectivity index (χ0) is 15.2. The van der Waals surface area contributed by atoms with E-state index in [0.717, 1.165) is 41.1 Å². The number of rotatable bonds is 6. The number of aryl methyl sites for hydroxylation is 1. The van der Waals surface area contributed by atoms with Gasteiger partial charge in [-0.2, -0.15) is 0 Å². The molecule has 0 fully saturated rings. The fourth-order valence-electron chi connectivity index (χ4n) is 2.35. The molecule has 0 aliphatic carbocycles. The highest BCUT2D eigenvalue weighted by atomic mass is 32.1. The largest absolute Gasteiger partial charge is 0.398 e. The third kappa shape index (κ3) is 3.64. The quantitative estimate of drug-likeness (QED) is 0.821. The Labute approximate surface area is 130 Å². The van der Waals surface area contributed by atoms with Crippen molar-refractivity contribution in [3.05, 3.63) is 51.7 Å². The van der Waals surface area contributed by atoms with E-state index in [-0.39, 0.29) is 5.91 Å². The van der Waals surface area contributed by atoms with Crippen LogP contribution in [0.25, 0.3) is 0 Å². The van der Waals surface area contributed by atoms with Crippen molar-refractivity contribution in [1.29, 1.82) is 0 Å². The zero-order valence-corrected chi connectivity index (χ0v) is 13.5. The van der Waals surface area contributed by atoms with Crippen LogP contribution in [0.4, 0.5) is 5.69 Å². The van der Waals surface area contributed by atoms with Gasteiger partial charge in [0.1, 0.15) is 0 Å². The second-order valence-electron chi connectivity index (χ2n) is 5.05. The summed E-state index contributed by atoms with van der Waals surface area (Å²) in [7, 11) is 0. The molecule has 112 valence electrons. The summed E-state index contributed by atoms with van der Waals surface area (Å²) in [6.45, 7) is 5.48. The molecule has 0 saturated carbocycles. The lowest BCUT2D eigenvalue weighted by Gasteiger charge is -2.23. The molecule has 0 bridgehead atoms. The maximum atomic E-state index is 12.8. The molecular formula is C17H22N2OS. The highest BCUT2D eigenvalue weighted by Gasteiger charge is 2.19. The van der Waals surface area contributed by atoms with E-state index in [9.17, 15) is 4.79 Å². The lowest BCUT2D eigenvalue weighted by atomic mass is 10.1. The molecule has 0 saturated heterocycles. The summed E-state index contributed by atoms with van der Waals surface area (Å²) in [5.41, 5.74) is 8.89. The van der Waals surface area contributed by atoms with E-state index in [0.29, 0.717) is 6.54 Å². The van der Waals surface area contributed by atoms with Gasteiger partial charge < -0.3 is 10.6 Å². The second-order valence-corrected chi connectivity index (χ2v) is 5.97. The standard InChI is InChI=1S/C17H22N2OS/c1-3-10-19(12-14-7-5-6-8-15(14)18)17(20)16-13(4-2)9-11-21-16/h5-9,11H,3-4,10,12,18H2,1-2H3. The van der Waals surface area contributed by atoms with Crippen molar-refractivity contribution >= 4 is 22.9 Å².